The molecule has 36 heavy (non-hydrogen) atoms. The highest BCUT2D eigenvalue weighted by Gasteiger charge is 2.28. The van der Waals surface area contributed by atoms with E-state index in [4.69, 9.17) is 18.9 Å². The molecule has 0 aliphatic rings. The van der Waals surface area contributed by atoms with Gasteiger partial charge in [-0.1, -0.05) is 30.3 Å². The number of methoxy groups -OCH3 is 4. The summed E-state index contributed by atoms with van der Waals surface area (Å²) < 4.78 is 49.4. The van der Waals surface area contributed by atoms with Crippen LogP contribution in [0.1, 0.15) is 5.56 Å². The van der Waals surface area contributed by atoms with E-state index in [0.29, 0.717) is 29.4 Å². The predicted molar refractivity (Wildman–Crippen MR) is 137 cm³/mol. The van der Waals surface area contributed by atoms with Gasteiger partial charge in [-0.05, 0) is 36.2 Å². The lowest BCUT2D eigenvalue weighted by molar-refractivity contribution is -0.116. The summed E-state index contributed by atoms with van der Waals surface area (Å²) in [6.07, 6.45) is 0.420. The Morgan fingerprint density at radius 2 is 1.47 bits per heavy atom. The first-order valence-electron chi connectivity index (χ1n) is 11.1. The summed E-state index contributed by atoms with van der Waals surface area (Å²) in [5.41, 5.74) is 1.31. The maximum atomic E-state index is 13.6. The Bertz CT molecular complexity index is 1280. The number of amides is 1. The number of benzene rings is 3. The summed E-state index contributed by atoms with van der Waals surface area (Å²) in [6, 6.07) is 18.7. The predicted octanol–water partition coefficient (Wildman–Crippen LogP) is 3.59. The average molecular weight is 515 g/mol. The highest BCUT2D eigenvalue weighted by molar-refractivity contribution is 7.89. The van der Waals surface area contributed by atoms with Gasteiger partial charge in [-0.2, -0.15) is 4.31 Å². The quantitative estimate of drug-likeness (QED) is 0.394. The molecule has 0 saturated carbocycles. The Hall–Kier alpha value is -3.76. The SMILES string of the molecule is COc1ccc(OC)c(NC(=O)CN(CCc2ccccc2)S(=O)(=O)c2ccc(OC)c(OC)c2)c1. The average Bonchev–Trinajstić information content (AvgIpc) is 2.90. The summed E-state index contributed by atoms with van der Waals surface area (Å²) >= 11 is 0. The first-order valence-corrected chi connectivity index (χ1v) is 12.5. The Balaban J connectivity index is 1.90. The third kappa shape index (κ3) is 6.46. The van der Waals surface area contributed by atoms with E-state index in [-0.39, 0.29) is 17.2 Å². The standard InChI is InChI=1S/C26H30N2O7S/c1-32-20-10-12-23(33-2)22(16-20)27-26(29)18-28(15-14-19-8-6-5-7-9-19)36(30,31)21-11-13-24(34-3)25(17-21)35-4/h5-13,16-17H,14-15,18H2,1-4H3,(H,27,29). The van der Waals surface area contributed by atoms with Gasteiger partial charge in [0.25, 0.3) is 0 Å². The Kier molecular flexibility index (Phi) is 9.15. The van der Waals surface area contributed by atoms with Crippen LogP contribution in [0.25, 0.3) is 0 Å². The van der Waals surface area contributed by atoms with Gasteiger partial charge in [-0.25, -0.2) is 8.42 Å². The van der Waals surface area contributed by atoms with Crippen molar-refractivity contribution in [1.29, 1.82) is 0 Å². The number of sulfonamides is 1. The van der Waals surface area contributed by atoms with Crippen LogP contribution < -0.4 is 24.3 Å². The largest absolute Gasteiger partial charge is 0.497 e. The fourth-order valence-electron chi connectivity index (χ4n) is 3.57. The molecule has 0 heterocycles. The minimum Gasteiger partial charge on any atom is -0.497 e. The Labute approximate surface area is 211 Å². The summed E-state index contributed by atoms with van der Waals surface area (Å²) in [4.78, 5) is 13.0. The van der Waals surface area contributed by atoms with Gasteiger partial charge in [0, 0.05) is 18.7 Å². The molecule has 0 atom stereocenters. The van der Waals surface area contributed by atoms with E-state index in [2.05, 4.69) is 5.32 Å². The van der Waals surface area contributed by atoms with Crippen molar-refractivity contribution in [1.82, 2.24) is 4.31 Å². The van der Waals surface area contributed by atoms with Crippen LogP contribution in [0.15, 0.2) is 71.6 Å². The number of ether oxygens (including phenoxy) is 4. The van der Waals surface area contributed by atoms with E-state index >= 15 is 0 Å². The molecule has 0 fully saturated rings. The minimum atomic E-state index is -4.06. The van der Waals surface area contributed by atoms with Crippen LogP contribution in [0.2, 0.25) is 0 Å². The van der Waals surface area contributed by atoms with E-state index in [0.717, 1.165) is 9.87 Å². The normalized spacial score (nSPS) is 11.1. The second kappa shape index (κ2) is 12.3. The van der Waals surface area contributed by atoms with E-state index in [9.17, 15) is 13.2 Å². The van der Waals surface area contributed by atoms with Crippen molar-refractivity contribution in [3.63, 3.8) is 0 Å². The lowest BCUT2D eigenvalue weighted by atomic mass is 10.1. The Morgan fingerprint density at radius 3 is 2.11 bits per heavy atom. The molecule has 3 aromatic carbocycles. The van der Waals surface area contributed by atoms with Crippen LogP contribution in [-0.2, 0) is 21.2 Å². The molecule has 0 aromatic heterocycles. The molecule has 9 nitrogen and oxygen atoms in total. The number of carbonyl (C=O) groups excluding carboxylic acids is 1. The molecule has 0 unspecified atom stereocenters. The van der Waals surface area contributed by atoms with Crippen molar-refractivity contribution >= 4 is 21.6 Å². The highest BCUT2D eigenvalue weighted by Crippen LogP contribution is 2.31. The molecule has 0 aliphatic heterocycles. The van der Waals surface area contributed by atoms with E-state index < -0.39 is 22.5 Å². The third-order valence-corrected chi connectivity index (χ3v) is 7.33. The number of hydrogen-bond donors (Lipinski definition) is 1. The van der Waals surface area contributed by atoms with E-state index in [1.807, 2.05) is 30.3 Å². The van der Waals surface area contributed by atoms with Crippen molar-refractivity contribution in [3.8, 4) is 23.0 Å². The molecule has 1 N–H and O–H groups in total. The summed E-state index contributed by atoms with van der Waals surface area (Å²) in [7, 11) is 1.82. The van der Waals surface area contributed by atoms with Crippen molar-refractivity contribution in [2.75, 3.05) is 46.8 Å². The maximum Gasteiger partial charge on any atom is 0.243 e. The number of anilines is 1. The number of hydrogen-bond acceptors (Lipinski definition) is 7. The van der Waals surface area contributed by atoms with Gasteiger partial charge in [0.1, 0.15) is 11.5 Å². The fraction of sp³-hybridized carbons (Fsp3) is 0.269. The second-order valence-corrected chi connectivity index (χ2v) is 9.64. The van der Waals surface area contributed by atoms with Crippen LogP contribution in [0, 0.1) is 0 Å². The van der Waals surface area contributed by atoms with Gasteiger partial charge in [0.05, 0.1) is 45.6 Å². The molecule has 192 valence electrons. The molecular weight excluding hydrogens is 484 g/mol. The lowest BCUT2D eigenvalue weighted by Crippen LogP contribution is -2.39. The van der Waals surface area contributed by atoms with Crippen molar-refractivity contribution in [2.24, 2.45) is 0 Å². The molecular formula is C26H30N2O7S. The lowest BCUT2D eigenvalue weighted by Gasteiger charge is -2.23. The summed E-state index contributed by atoms with van der Waals surface area (Å²) in [5.74, 6) is 1.08. The van der Waals surface area contributed by atoms with Gasteiger partial charge in [-0.3, -0.25) is 4.79 Å². The smallest absolute Gasteiger partial charge is 0.243 e. The van der Waals surface area contributed by atoms with E-state index in [1.54, 1.807) is 18.2 Å². The summed E-state index contributed by atoms with van der Waals surface area (Å²) in [6.45, 7) is -0.326. The number of rotatable bonds is 12. The molecule has 0 bridgehead atoms. The molecule has 10 heteroatoms. The monoisotopic (exact) mass is 514 g/mol. The van der Waals surface area contributed by atoms with Crippen LogP contribution in [0.3, 0.4) is 0 Å². The molecule has 1 amide bonds. The van der Waals surface area contributed by atoms with Crippen molar-refractivity contribution in [3.05, 3.63) is 72.3 Å². The molecule has 0 aliphatic carbocycles. The first-order chi connectivity index (χ1) is 17.3. The maximum absolute atomic E-state index is 13.6. The van der Waals surface area contributed by atoms with E-state index in [1.165, 1.54) is 46.6 Å². The van der Waals surface area contributed by atoms with Gasteiger partial charge in [0.15, 0.2) is 11.5 Å². The van der Waals surface area contributed by atoms with Crippen LogP contribution in [-0.4, -0.2) is 60.2 Å². The number of nitrogens with zero attached hydrogens (tertiary/aromatic N) is 1. The minimum absolute atomic E-state index is 0.0139. The zero-order valence-corrected chi connectivity index (χ0v) is 21.5. The van der Waals surface area contributed by atoms with Crippen molar-refractivity contribution in [2.45, 2.75) is 11.3 Å². The fourth-order valence-corrected chi connectivity index (χ4v) is 4.98. The van der Waals surface area contributed by atoms with Gasteiger partial charge >= 0.3 is 0 Å². The molecule has 3 aromatic rings. The van der Waals surface area contributed by atoms with Crippen LogP contribution in [0.4, 0.5) is 5.69 Å². The molecule has 0 spiro atoms. The topological polar surface area (TPSA) is 103 Å². The molecule has 3 rings (SSSR count). The zero-order chi connectivity index (χ0) is 26.1. The van der Waals surface area contributed by atoms with Gasteiger partial charge in [-0.15, -0.1) is 0 Å². The second-order valence-electron chi connectivity index (χ2n) is 7.71. The molecule has 0 radical (unpaired) electrons. The zero-order valence-electron chi connectivity index (χ0n) is 20.7. The van der Waals surface area contributed by atoms with Crippen molar-refractivity contribution < 1.29 is 32.2 Å². The number of nitrogens with one attached hydrogen (secondary N) is 1. The highest BCUT2D eigenvalue weighted by atomic mass is 32.2. The van der Waals surface area contributed by atoms with Gasteiger partial charge in [0.2, 0.25) is 15.9 Å². The third-order valence-electron chi connectivity index (χ3n) is 5.49. The summed E-state index contributed by atoms with van der Waals surface area (Å²) in [5, 5.41) is 2.73. The van der Waals surface area contributed by atoms with Crippen LogP contribution >= 0.6 is 0 Å². The Morgan fingerprint density at radius 1 is 0.806 bits per heavy atom. The molecule has 0 saturated heterocycles. The number of carbonyl (C=O) groups is 1. The van der Waals surface area contributed by atoms with Gasteiger partial charge < -0.3 is 24.3 Å². The van der Waals surface area contributed by atoms with Crippen LogP contribution in [0.5, 0.6) is 23.0 Å². The first kappa shape index (κ1) is 26.8.